The Kier molecular flexibility index (Phi) is 5.16. The van der Waals surface area contributed by atoms with Crippen molar-refractivity contribution in [1.82, 2.24) is 5.32 Å². The smallest absolute Gasteiger partial charge is 0.387 e. The van der Waals surface area contributed by atoms with Crippen LogP contribution < -0.4 is 14.8 Å². The normalized spacial score (nSPS) is 12.8. The summed E-state index contributed by atoms with van der Waals surface area (Å²) >= 11 is 0. The molecule has 0 fully saturated rings. The molecule has 0 saturated heterocycles. The molecule has 3 rings (SSSR count). The van der Waals surface area contributed by atoms with E-state index in [4.69, 9.17) is 4.74 Å². The van der Waals surface area contributed by atoms with Crippen molar-refractivity contribution in [2.24, 2.45) is 0 Å². The molecule has 1 amide bonds. The van der Waals surface area contributed by atoms with Crippen LogP contribution in [0, 0.1) is 0 Å². The summed E-state index contributed by atoms with van der Waals surface area (Å²) in [6.07, 6.45) is 3.22. The summed E-state index contributed by atoms with van der Waals surface area (Å²) in [6, 6.07) is 10.4. The van der Waals surface area contributed by atoms with E-state index in [0.717, 1.165) is 24.8 Å². The summed E-state index contributed by atoms with van der Waals surface area (Å²) in [5.41, 5.74) is 3.91. The Labute approximate surface area is 144 Å². The highest BCUT2D eigenvalue weighted by molar-refractivity contribution is 5.94. The number of ether oxygens (including phenoxy) is 2. The first kappa shape index (κ1) is 17.2. The average molecular weight is 347 g/mol. The van der Waals surface area contributed by atoms with Crippen LogP contribution in [0.25, 0.3) is 0 Å². The number of carbonyl (C=O) groups excluding carboxylic acids is 1. The van der Waals surface area contributed by atoms with Crippen molar-refractivity contribution in [1.29, 1.82) is 0 Å². The van der Waals surface area contributed by atoms with E-state index >= 15 is 0 Å². The molecule has 0 aliphatic heterocycles. The second kappa shape index (κ2) is 7.51. The summed E-state index contributed by atoms with van der Waals surface area (Å²) in [7, 11) is 1.38. The number of carbonyl (C=O) groups is 1. The zero-order chi connectivity index (χ0) is 17.8. The lowest BCUT2D eigenvalue weighted by Gasteiger charge is -2.12. The van der Waals surface area contributed by atoms with Gasteiger partial charge in [0.25, 0.3) is 5.91 Å². The third kappa shape index (κ3) is 4.07. The number of rotatable bonds is 6. The zero-order valence-electron chi connectivity index (χ0n) is 13.9. The van der Waals surface area contributed by atoms with Crippen molar-refractivity contribution in [3.8, 4) is 11.5 Å². The van der Waals surface area contributed by atoms with Gasteiger partial charge in [-0.3, -0.25) is 4.79 Å². The van der Waals surface area contributed by atoms with Crippen LogP contribution in [0.5, 0.6) is 11.5 Å². The van der Waals surface area contributed by atoms with Gasteiger partial charge in [-0.15, -0.1) is 0 Å². The third-order valence-electron chi connectivity index (χ3n) is 4.26. The van der Waals surface area contributed by atoms with Crippen molar-refractivity contribution in [2.75, 3.05) is 7.11 Å². The summed E-state index contributed by atoms with van der Waals surface area (Å²) in [6.45, 7) is -2.65. The first-order chi connectivity index (χ1) is 12.1. The Morgan fingerprint density at radius 2 is 1.92 bits per heavy atom. The number of fused-ring (bicyclic) bond motifs is 1. The van der Waals surface area contributed by atoms with E-state index in [-0.39, 0.29) is 24.0 Å². The number of hydrogen-bond acceptors (Lipinski definition) is 3. The summed E-state index contributed by atoms with van der Waals surface area (Å²) in [5.74, 6) is -0.00245. The van der Waals surface area contributed by atoms with Crippen LogP contribution in [0.1, 0.15) is 33.5 Å². The number of benzene rings is 2. The molecule has 0 aromatic heterocycles. The van der Waals surface area contributed by atoms with E-state index in [1.807, 2.05) is 18.2 Å². The molecule has 4 nitrogen and oxygen atoms in total. The van der Waals surface area contributed by atoms with Crippen molar-refractivity contribution in [3.05, 3.63) is 58.7 Å². The number of alkyl halides is 2. The van der Waals surface area contributed by atoms with Crippen LogP contribution in [0.15, 0.2) is 36.4 Å². The van der Waals surface area contributed by atoms with Crippen LogP contribution in [0.3, 0.4) is 0 Å². The van der Waals surface area contributed by atoms with E-state index < -0.39 is 6.61 Å². The second-order valence-corrected chi connectivity index (χ2v) is 5.88. The number of amides is 1. The lowest BCUT2D eigenvalue weighted by atomic mass is 10.1. The number of hydrogen-bond donors (Lipinski definition) is 1. The predicted octanol–water partition coefficient (Wildman–Crippen LogP) is 3.72. The van der Waals surface area contributed by atoms with Gasteiger partial charge in [0.1, 0.15) is 0 Å². The minimum atomic E-state index is -2.92. The van der Waals surface area contributed by atoms with Crippen LogP contribution in [-0.2, 0) is 19.4 Å². The minimum absolute atomic E-state index is 0.0359. The monoisotopic (exact) mass is 347 g/mol. The van der Waals surface area contributed by atoms with Gasteiger partial charge in [-0.2, -0.15) is 8.78 Å². The summed E-state index contributed by atoms with van der Waals surface area (Å²) < 4.78 is 34.1. The molecule has 2 aromatic carbocycles. The van der Waals surface area contributed by atoms with E-state index in [9.17, 15) is 13.6 Å². The van der Waals surface area contributed by atoms with Gasteiger partial charge in [-0.05, 0) is 60.2 Å². The van der Waals surface area contributed by atoms with Gasteiger partial charge < -0.3 is 14.8 Å². The van der Waals surface area contributed by atoms with Crippen LogP contribution >= 0.6 is 0 Å². The number of methoxy groups -OCH3 is 1. The molecular weight excluding hydrogens is 328 g/mol. The molecule has 0 spiro atoms. The molecule has 0 heterocycles. The van der Waals surface area contributed by atoms with Gasteiger partial charge in [0.05, 0.1) is 7.11 Å². The van der Waals surface area contributed by atoms with Gasteiger partial charge >= 0.3 is 6.61 Å². The topological polar surface area (TPSA) is 47.6 Å². The third-order valence-corrected chi connectivity index (χ3v) is 4.26. The number of halogens is 2. The first-order valence-corrected chi connectivity index (χ1v) is 8.08. The lowest BCUT2D eigenvalue weighted by molar-refractivity contribution is -0.0512. The average Bonchev–Trinajstić information content (AvgIpc) is 3.07. The Morgan fingerprint density at radius 1 is 1.12 bits per heavy atom. The molecule has 1 aliphatic carbocycles. The minimum Gasteiger partial charge on any atom is -0.493 e. The van der Waals surface area contributed by atoms with Crippen molar-refractivity contribution >= 4 is 5.91 Å². The van der Waals surface area contributed by atoms with Gasteiger partial charge in [0.15, 0.2) is 11.5 Å². The highest BCUT2D eigenvalue weighted by atomic mass is 19.3. The molecule has 0 radical (unpaired) electrons. The Balaban J connectivity index is 1.65. The molecule has 1 aliphatic rings. The second-order valence-electron chi connectivity index (χ2n) is 5.88. The molecule has 25 heavy (non-hydrogen) atoms. The highest BCUT2D eigenvalue weighted by Gasteiger charge is 2.15. The van der Waals surface area contributed by atoms with Gasteiger partial charge in [-0.25, -0.2) is 0 Å². The molecule has 1 N–H and O–H groups in total. The van der Waals surface area contributed by atoms with Crippen molar-refractivity contribution in [2.45, 2.75) is 32.4 Å². The molecule has 2 aromatic rings. The number of aryl methyl sites for hydroxylation is 2. The highest BCUT2D eigenvalue weighted by Crippen LogP contribution is 2.29. The molecule has 0 bridgehead atoms. The largest absolute Gasteiger partial charge is 0.493 e. The zero-order valence-corrected chi connectivity index (χ0v) is 13.9. The molecule has 6 heteroatoms. The molecule has 0 atom stereocenters. The van der Waals surface area contributed by atoms with E-state index in [2.05, 4.69) is 10.1 Å². The Hall–Kier alpha value is -2.63. The van der Waals surface area contributed by atoms with Gasteiger partial charge in [0.2, 0.25) is 0 Å². The van der Waals surface area contributed by atoms with Crippen molar-refractivity contribution < 1.29 is 23.0 Å². The van der Waals surface area contributed by atoms with E-state index in [0.29, 0.717) is 5.56 Å². The van der Waals surface area contributed by atoms with Crippen LogP contribution in [-0.4, -0.2) is 19.6 Å². The van der Waals surface area contributed by atoms with Gasteiger partial charge in [0, 0.05) is 12.1 Å². The fraction of sp³-hybridized carbons (Fsp3) is 0.316. The fourth-order valence-electron chi connectivity index (χ4n) is 3.01. The van der Waals surface area contributed by atoms with Crippen LogP contribution in [0.4, 0.5) is 8.78 Å². The molecular formula is C19H19F2NO3. The predicted molar refractivity (Wildman–Crippen MR) is 89.3 cm³/mol. The van der Waals surface area contributed by atoms with E-state index in [1.165, 1.54) is 24.3 Å². The van der Waals surface area contributed by atoms with E-state index in [1.54, 1.807) is 12.1 Å². The standard InChI is InChI=1S/C19H19F2NO3/c1-24-17-9-12(5-8-16(17)25-19(20)21)11-22-18(23)15-7-6-13-3-2-4-14(13)10-15/h5-10,19H,2-4,11H2,1H3,(H,22,23). The Bertz CT molecular complexity index is 777. The summed E-state index contributed by atoms with van der Waals surface area (Å²) in [4.78, 5) is 12.3. The van der Waals surface area contributed by atoms with Gasteiger partial charge in [-0.1, -0.05) is 12.1 Å². The molecule has 0 saturated carbocycles. The maximum absolute atomic E-state index is 12.3. The lowest BCUT2D eigenvalue weighted by Crippen LogP contribution is -2.23. The maximum Gasteiger partial charge on any atom is 0.387 e. The maximum atomic E-state index is 12.3. The first-order valence-electron chi connectivity index (χ1n) is 8.08. The summed E-state index contributed by atoms with van der Waals surface area (Å²) in [5, 5.41) is 2.83. The Morgan fingerprint density at radius 3 is 2.68 bits per heavy atom. The quantitative estimate of drug-likeness (QED) is 0.866. The fourth-order valence-corrected chi connectivity index (χ4v) is 3.01. The molecule has 132 valence electrons. The number of nitrogens with one attached hydrogen (secondary N) is 1. The SMILES string of the molecule is COc1cc(CNC(=O)c2ccc3c(c2)CCC3)ccc1OC(F)F. The van der Waals surface area contributed by atoms with Crippen molar-refractivity contribution in [3.63, 3.8) is 0 Å². The molecule has 0 unspecified atom stereocenters. The van der Waals surface area contributed by atoms with Crippen LogP contribution in [0.2, 0.25) is 0 Å².